The normalized spacial score (nSPS) is 24.0. The van der Waals surface area contributed by atoms with Crippen molar-refractivity contribution in [1.82, 2.24) is 10.1 Å². The van der Waals surface area contributed by atoms with Crippen LogP contribution in [0.15, 0.2) is 4.52 Å². The van der Waals surface area contributed by atoms with Gasteiger partial charge in [-0.1, -0.05) is 5.16 Å². The molecule has 0 aromatic carbocycles. The van der Waals surface area contributed by atoms with E-state index in [-0.39, 0.29) is 12.1 Å². The van der Waals surface area contributed by atoms with Gasteiger partial charge in [0, 0.05) is 19.1 Å². The van der Waals surface area contributed by atoms with Gasteiger partial charge in [0.05, 0.1) is 0 Å². The molecule has 0 spiro atoms. The smallest absolute Gasteiger partial charge is 0.228 e. The number of hydrogen-bond acceptors (Lipinski definition) is 5. The van der Waals surface area contributed by atoms with E-state index >= 15 is 0 Å². The quantitative estimate of drug-likeness (QED) is 0.813. The summed E-state index contributed by atoms with van der Waals surface area (Å²) in [4.78, 5) is 4.29. The van der Waals surface area contributed by atoms with Gasteiger partial charge < -0.3 is 15.0 Å². The molecule has 15 heavy (non-hydrogen) atoms. The summed E-state index contributed by atoms with van der Waals surface area (Å²) in [6, 6.07) is 0.0468. The SMILES string of the molecule is CC(N)Cc1nc(C2CCCCO2)no1. The number of hydrogen-bond donors (Lipinski definition) is 1. The van der Waals surface area contributed by atoms with Crippen LogP contribution in [-0.4, -0.2) is 22.8 Å². The monoisotopic (exact) mass is 211 g/mol. The van der Waals surface area contributed by atoms with Gasteiger partial charge in [-0.15, -0.1) is 0 Å². The summed E-state index contributed by atoms with van der Waals surface area (Å²) in [5.41, 5.74) is 5.65. The minimum Gasteiger partial charge on any atom is -0.370 e. The third-order valence-corrected chi connectivity index (χ3v) is 2.45. The Morgan fingerprint density at radius 2 is 2.40 bits per heavy atom. The molecule has 2 atom stereocenters. The highest BCUT2D eigenvalue weighted by Gasteiger charge is 2.21. The molecule has 0 bridgehead atoms. The number of aromatic nitrogens is 2. The highest BCUT2D eigenvalue weighted by Crippen LogP contribution is 2.25. The van der Waals surface area contributed by atoms with E-state index in [0.717, 1.165) is 19.4 Å². The first-order valence-electron chi connectivity index (χ1n) is 5.45. The average Bonchev–Trinajstić information content (AvgIpc) is 2.67. The molecule has 1 aliphatic rings. The van der Waals surface area contributed by atoms with E-state index in [1.165, 1.54) is 6.42 Å². The van der Waals surface area contributed by atoms with Crippen LogP contribution in [0.4, 0.5) is 0 Å². The molecular formula is C10H17N3O2. The molecule has 2 heterocycles. The van der Waals surface area contributed by atoms with Crippen LogP contribution in [0, 0.1) is 0 Å². The van der Waals surface area contributed by atoms with Gasteiger partial charge in [0.1, 0.15) is 6.10 Å². The minimum absolute atomic E-state index is 0.0179. The van der Waals surface area contributed by atoms with Crippen LogP contribution < -0.4 is 5.73 Å². The number of nitrogens with two attached hydrogens (primary N) is 1. The minimum atomic E-state index is 0.0179. The van der Waals surface area contributed by atoms with Crippen molar-refractivity contribution in [2.45, 2.75) is 44.8 Å². The first kappa shape index (κ1) is 10.6. The first-order valence-corrected chi connectivity index (χ1v) is 5.45. The van der Waals surface area contributed by atoms with E-state index in [4.69, 9.17) is 15.0 Å². The maximum Gasteiger partial charge on any atom is 0.228 e. The second-order valence-electron chi connectivity index (χ2n) is 4.08. The van der Waals surface area contributed by atoms with Crippen molar-refractivity contribution in [1.29, 1.82) is 0 Å². The van der Waals surface area contributed by atoms with Gasteiger partial charge in [-0.25, -0.2) is 0 Å². The number of nitrogens with zero attached hydrogens (tertiary/aromatic N) is 2. The van der Waals surface area contributed by atoms with Crippen molar-refractivity contribution in [2.75, 3.05) is 6.61 Å². The largest absolute Gasteiger partial charge is 0.370 e. The Labute approximate surface area is 89.0 Å². The molecule has 2 N–H and O–H groups in total. The number of rotatable bonds is 3. The Balaban J connectivity index is 1.99. The maximum absolute atomic E-state index is 5.65. The summed E-state index contributed by atoms with van der Waals surface area (Å²) in [5.74, 6) is 1.28. The second kappa shape index (κ2) is 4.72. The van der Waals surface area contributed by atoms with Crippen LogP contribution in [0.2, 0.25) is 0 Å². The molecule has 1 aromatic heterocycles. The van der Waals surface area contributed by atoms with Crippen LogP contribution in [-0.2, 0) is 11.2 Å². The lowest BCUT2D eigenvalue weighted by molar-refractivity contribution is 0.00821. The molecule has 1 fully saturated rings. The molecule has 2 rings (SSSR count). The fraction of sp³-hybridized carbons (Fsp3) is 0.800. The Bertz CT molecular complexity index is 305. The maximum atomic E-state index is 5.65. The average molecular weight is 211 g/mol. The summed E-state index contributed by atoms with van der Waals surface area (Å²) in [7, 11) is 0. The molecule has 1 aromatic rings. The molecule has 0 radical (unpaired) electrons. The van der Waals surface area contributed by atoms with Crippen LogP contribution in [0.3, 0.4) is 0 Å². The summed E-state index contributed by atoms with van der Waals surface area (Å²) in [6.07, 6.45) is 3.92. The van der Waals surface area contributed by atoms with Crippen LogP contribution in [0.25, 0.3) is 0 Å². The standard InChI is InChI=1S/C10H17N3O2/c1-7(11)6-9-12-10(13-15-9)8-4-2-3-5-14-8/h7-8H,2-6,11H2,1H3. The molecule has 1 saturated heterocycles. The van der Waals surface area contributed by atoms with Crippen molar-refractivity contribution in [2.24, 2.45) is 5.73 Å². The zero-order valence-corrected chi connectivity index (χ0v) is 8.98. The van der Waals surface area contributed by atoms with Gasteiger partial charge in [-0.2, -0.15) is 4.98 Å². The van der Waals surface area contributed by atoms with E-state index in [9.17, 15) is 0 Å². The van der Waals surface area contributed by atoms with Crippen molar-refractivity contribution < 1.29 is 9.26 Å². The summed E-state index contributed by atoms with van der Waals surface area (Å²) in [6.45, 7) is 2.71. The molecule has 84 valence electrons. The zero-order valence-electron chi connectivity index (χ0n) is 8.98. The summed E-state index contributed by atoms with van der Waals surface area (Å²) in [5, 5.41) is 3.93. The van der Waals surface area contributed by atoms with Gasteiger partial charge in [-0.05, 0) is 26.2 Å². The van der Waals surface area contributed by atoms with Crippen LogP contribution >= 0.6 is 0 Å². The highest BCUT2D eigenvalue weighted by atomic mass is 16.5. The van der Waals surface area contributed by atoms with Crippen molar-refractivity contribution in [3.63, 3.8) is 0 Å². The van der Waals surface area contributed by atoms with Crippen molar-refractivity contribution in [3.8, 4) is 0 Å². The third-order valence-electron chi connectivity index (χ3n) is 2.45. The molecule has 0 amide bonds. The lowest BCUT2D eigenvalue weighted by atomic mass is 10.1. The molecule has 0 aliphatic carbocycles. The topological polar surface area (TPSA) is 74.2 Å². The highest BCUT2D eigenvalue weighted by molar-refractivity contribution is 4.93. The zero-order chi connectivity index (χ0) is 10.7. The third kappa shape index (κ3) is 2.76. The van der Waals surface area contributed by atoms with Crippen molar-refractivity contribution >= 4 is 0 Å². The van der Waals surface area contributed by atoms with Gasteiger partial charge in [0.25, 0.3) is 0 Å². The Morgan fingerprint density at radius 3 is 3.07 bits per heavy atom. The second-order valence-corrected chi connectivity index (χ2v) is 4.08. The Kier molecular flexibility index (Phi) is 3.33. The van der Waals surface area contributed by atoms with Crippen molar-refractivity contribution in [3.05, 3.63) is 11.7 Å². The molecule has 1 aliphatic heterocycles. The fourth-order valence-electron chi connectivity index (χ4n) is 1.70. The molecule has 2 unspecified atom stereocenters. The molecule has 0 saturated carbocycles. The predicted octanol–water partition coefficient (Wildman–Crippen LogP) is 1.20. The van der Waals surface area contributed by atoms with Gasteiger partial charge in [-0.3, -0.25) is 0 Å². The van der Waals surface area contributed by atoms with E-state index in [2.05, 4.69) is 10.1 Å². The Morgan fingerprint density at radius 1 is 1.53 bits per heavy atom. The van der Waals surface area contributed by atoms with E-state index in [1.54, 1.807) is 0 Å². The van der Waals surface area contributed by atoms with E-state index in [0.29, 0.717) is 18.1 Å². The fourth-order valence-corrected chi connectivity index (χ4v) is 1.70. The summed E-state index contributed by atoms with van der Waals surface area (Å²) >= 11 is 0. The van der Waals surface area contributed by atoms with Crippen LogP contribution in [0.5, 0.6) is 0 Å². The van der Waals surface area contributed by atoms with E-state index < -0.39 is 0 Å². The van der Waals surface area contributed by atoms with Gasteiger partial charge >= 0.3 is 0 Å². The Hall–Kier alpha value is -0.940. The molecular weight excluding hydrogens is 194 g/mol. The van der Waals surface area contributed by atoms with Gasteiger partial charge in [0.2, 0.25) is 11.7 Å². The predicted molar refractivity (Wildman–Crippen MR) is 54.2 cm³/mol. The molecule has 5 heteroatoms. The van der Waals surface area contributed by atoms with Crippen LogP contribution in [0.1, 0.15) is 44.0 Å². The van der Waals surface area contributed by atoms with Gasteiger partial charge in [0.15, 0.2) is 0 Å². The number of ether oxygens (including phenoxy) is 1. The lowest BCUT2D eigenvalue weighted by Crippen LogP contribution is -2.18. The van der Waals surface area contributed by atoms with E-state index in [1.807, 2.05) is 6.92 Å². The summed E-state index contributed by atoms with van der Waals surface area (Å²) < 4.78 is 10.7. The lowest BCUT2D eigenvalue weighted by Gasteiger charge is -2.18. The molecule has 5 nitrogen and oxygen atoms in total. The first-order chi connectivity index (χ1) is 7.25.